The summed E-state index contributed by atoms with van der Waals surface area (Å²) < 4.78 is 10.8. The van der Waals surface area contributed by atoms with Crippen LogP contribution in [0.2, 0.25) is 0 Å². The highest BCUT2D eigenvalue weighted by molar-refractivity contribution is 6.18. The standard InChI is InChI=1S/C37H71ClO4/c1-3-5-7-9-11-13-15-17-18-20-22-24-26-28-30-32-37(40)42-35(33-38)34-41-36(39)31-29-27-25-23-21-19-16-14-12-10-8-6-4-2/h35H,3-34H2,1-2H3/t35-/m0/s1. The first-order valence-corrected chi connectivity index (χ1v) is 19.1. The maximum absolute atomic E-state index is 12.2. The molecule has 250 valence electrons. The van der Waals surface area contributed by atoms with Crippen molar-refractivity contribution in [3.8, 4) is 0 Å². The van der Waals surface area contributed by atoms with Crippen LogP contribution in [0.1, 0.15) is 206 Å². The molecule has 0 aromatic heterocycles. The second-order valence-corrected chi connectivity index (χ2v) is 13.0. The summed E-state index contributed by atoms with van der Waals surface area (Å²) in [5.41, 5.74) is 0. The van der Waals surface area contributed by atoms with Gasteiger partial charge in [-0.05, 0) is 12.8 Å². The van der Waals surface area contributed by atoms with E-state index >= 15 is 0 Å². The normalized spacial score (nSPS) is 12.0. The van der Waals surface area contributed by atoms with Crippen molar-refractivity contribution >= 4 is 23.5 Å². The molecule has 0 bridgehead atoms. The molecule has 0 spiro atoms. The van der Waals surface area contributed by atoms with E-state index in [-0.39, 0.29) is 24.4 Å². The Morgan fingerprint density at radius 3 is 1.05 bits per heavy atom. The molecule has 0 aromatic carbocycles. The summed E-state index contributed by atoms with van der Waals surface area (Å²) in [5.74, 6) is -0.300. The van der Waals surface area contributed by atoms with Crippen LogP contribution in [0.3, 0.4) is 0 Å². The Bertz CT molecular complexity index is 568. The lowest BCUT2D eigenvalue weighted by molar-refractivity contribution is -0.157. The molecule has 0 saturated carbocycles. The van der Waals surface area contributed by atoms with E-state index in [1.807, 2.05) is 0 Å². The average Bonchev–Trinajstić information content (AvgIpc) is 2.99. The minimum absolute atomic E-state index is 0.0609. The van der Waals surface area contributed by atoms with Gasteiger partial charge in [0.05, 0.1) is 5.88 Å². The van der Waals surface area contributed by atoms with E-state index in [2.05, 4.69) is 13.8 Å². The predicted molar refractivity (Wildman–Crippen MR) is 181 cm³/mol. The largest absolute Gasteiger partial charge is 0.462 e. The first kappa shape index (κ1) is 41.2. The lowest BCUT2D eigenvalue weighted by Crippen LogP contribution is -2.26. The second-order valence-electron chi connectivity index (χ2n) is 12.6. The number of halogens is 1. The number of rotatable bonds is 34. The average molecular weight is 615 g/mol. The fraction of sp³-hybridized carbons (Fsp3) is 0.946. The summed E-state index contributed by atoms with van der Waals surface area (Å²) >= 11 is 5.96. The predicted octanol–water partition coefficient (Wildman–Crippen LogP) is 12.4. The van der Waals surface area contributed by atoms with E-state index in [4.69, 9.17) is 21.1 Å². The third-order valence-corrected chi connectivity index (χ3v) is 8.71. The van der Waals surface area contributed by atoms with Crippen LogP contribution < -0.4 is 0 Å². The lowest BCUT2D eigenvalue weighted by atomic mass is 10.0. The Morgan fingerprint density at radius 1 is 0.452 bits per heavy atom. The minimum Gasteiger partial charge on any atom is -0.462 e. The Kier molecular flexibility index (Phi) is 34.1. The molecule has 0 amide bonds. The zero-order chi connectivity index (χ0) is 30.8. The van der Waals surface area contributed by atoms with Gasteiger partial charge in [0.2, 0.25) is 0 Å². The number of carbonyl (C=O) groups is 2. The molecule has 0 rings (SSSR count). The molecule has 0 aliphatic heterocycles. The molecule has 0 fully saturated rings. The summed E-state index contributed by atoms with van der Waals surface area (Å²) in [6.45, 7) is 4.60. The SMILES string of the molecule is CCCCCCCCCCCCCCCCCC(=O)O[C@@H](CCl)COC(=O)CCCCCCCCCCCCCCC. The molecule has 0 radical (unpaired) electrons. The Hall–Kier alpha value is -0.770. The van der Waals surface area contributed by atoms with Crippen LogP contribution in [-0.4, -0.2) is 30.5 Å². The number of ether oxygens (including phenoxy) is 2. The molecule has 0 unspecified atom stereocenters. The maximum atomic E-state index is 12.2. The second kappa shape index (κ2) is 34.7. The maximum Gasteiger partial charge on any atom is 0.306 e. The van der Waals surface area contributed by atoms with Gasteiger partial charge in [-0.3, -0.25) is 9.59 Å². The third kappa shape index (κ3) is 32.2. The Morgan fingerprint density at radius 2 is 0.738 bits per heavy atom. The fourth-order valence-corrected chi connectivity index (χ4v) is 5.69. The number of hydrogen-bond acceptors (Lipinski definition) is 4. The lowest BCUT2D eigenvalue weighted by Gasteiger charge is -2.15. The van der Waals surface area contributed by atoms with Gasteiger partial charge in [-0.15, -0.1) is 11.6 Å². The van der Waals surface area contributed by atoms with Gasteiger partial charge in [-0.2, -0.15) is 0 Å². The number of esters is 2. The monoisotopic (exact) mass is 615 g/mol. The smallest absolute Gasteiger partial charge is 0.306 e. The summed E-state index contributed by atoms with van der Waals surface area (Å²) in [6, 6.07) is 0. The molecular weight excluding hydrogens is 544 g/mol. The van der Waals surface area contributed by atoms with Gasteiger partial charge in [0.25, 0.3) is 0 Å². The quantitative estimate of drug-likeness (QED) is 0.0411. The summed E-state index contributed by atoms with van der Waals surface area (Å²) in [7, 11) is 0. The molecular formula is C37H71ClO4. The van der Waals surface area contributed by atoms with Crippen LogP contribution in [0, 0.1) is 0 Å². The van der Waals surface area contributed by atoms with Crippen molar-refractivity contribution in [2.75, 3.05) is 12.5 Å². The number of alkyl halides is 1. The molecule has 4 nitrogen and oxygen atoms in total. The van der Waals surface area contributed by atoms with Crippen LogP contribution in [0.15, 0.2) is 0 Å². The molecule has 42 heavy (non-hydrogen) atoms. The van der Waals surface area contributed by atoms with Crippen molar-refractivity contribution < 1.29 is 19.1 Å². The molecule has 0 saturated heterocycles. The molecule has 0 aliphatic rings. The number of hydrogen-bond donors (Lipinski definition) is 0. The van der Waals surface area contributed by atoms with Crippen molar-refractivity contribution in [1.29, 1.82) is 0 Å². The van der Waals surface area contributed by atoms with Gasteiger partial charge < -0.3 is 9.47 Å². The molecule has 1 atom stereocenters. The molecule has 5 heteroatoms. The highest BCUT2D eigenvalue weighted by Crippen LogP contribution is 2.15. The van der Waals surface area contributed by atoms with Crippen LogP contribution in [-0.2, 0) is 19.1 Å². The topological polar surface area (TPSA) is 52.6 Å². The van der Waals surface area contributed by atoms with Gasteiger partial charge in [-0.25, -0.2) is 0 Å². The van der Waals surface area contributed by atoms with Crippen LogP contribution in [0.5, 0.6) is 0 Å². The Labute approximate surface area is 267 Å². The van der Waals surface area contributed by atoms with Crippen molar-refractivity contribution in [3.05, 3.63) is 0 Å². The van der Waals surface area contributed by atoms with Crippen LogP contribution in [0.4, 0.5) is 0 Å². The molecule has 0 aliphatic carbocycles. The van der Waals surface area contributed by atoms with Crippen molar-refractivity contribution in [2.45, 2.75) is 213 Å². The zero-order valence-electron chi connectivity index (χ0n) is 28.2. The van der Waals surface area contributed by atoms with E-state index in [1.165, 1.54) is 154 Å². The summed E-state index contributed by atoms with van der Waals surface area (Å²) in [6.07, 6.45) is 36.5. The first-order valence-electron chi connectivity index (χ1n) is 18.5. The number of unbranched alkanes of at least 4 members (excludes halogenated alkanes) is 26. The minimum atomic E-state index is -0.550. The fourth-order valence-electron chi connectivity index (χ4n) is 5.54. The highest BCUT2D eigenvalue weighted by Gasteiger charge is 2.16. The molecule has 0 heterocycles. The molecule has 0 N–H and O–H groups in total. The third-order valence-electron chi connectivity index (χ3n) is 8.37. The van der Waals surface area contributed by atoms with E-state index in [0.717, 1.165) is 25.7 Å². The first-order chi connectivity index (χ1) is 20.6. The summed E-state index contributed by atoms with van der Waals surface area (Å²) in [5, 5.41) is 0. The van der Waals surface area contributed by atoms with E-state index in [1.54, 1.807) is 0 Å². The zero-order valence-corrected chi connectivity index (χ0v) is 29.0. The van der Waals surface area contributed by atoms with Gasteiger partial charge in [0, 0.05) is 12.8 Å². The highest BCUT2D eigenvalue weighted by atomic mass is 35.5. The van der Waals surface area contributed by atoms with Crippen molar-refractivity contribution in [1.82, 2.24) is 0 Å². The van der Waals surface area contributed by atoms with Gasteiger partial charge in [0.1, 0.15) is 12.7 Å². The van der Waals surface area contributed by atoms with Crippen molar-refractivity contribution in [2.24, 2.45) is 0 Å². The van der Waals surface area contributed by atoms with Crippen molar-refractivity contribution in [3.63, 3.8) is 0 Å². The van der Waals surface area contributed by atoms with Gasteiger partial charge >= 0.3 is 11.9 Å². The van der Waals surface area contributed by atoms with Gasteiger partial charge in [0.15, 0.2) is 0 Å². The van der Waals surface area contributed by atoms with Gasteiger partial charge in [-0.1, -0.05) is 181 Å². The molecule has 0 aromatic rings. The Balaban J connectivity index is 3.51. The van der Waals surface area contributed by atoms with Crippen LogP contribution >= 0.6 is 11.6 Å². The van der Waals surface area contributed by atoms with E-state index < -0.39 is 6.10 Å². The number of carbonyl (C=O) groups excluding carboxylic acids is 2. The summed E-state index contributed by atoms with van der Waals surface area (Å²) in [4.78, 5) is 24.3. The van der Waals surface area contributed by atoms with Crippen LogP contribution in [0.25, 0.3) is 0 Å². The van der Waals surface area contributed by atoms with E-state index in [9.17, 15) is 9.59 Å². The van der Waals surface area contributed by atoms with E-state index in [0.29, 0.717) is 12.8 Å².